The van der Waals surface area contributed by atoms with E-state index in [9.17, 15) is 9.18 Å². The Morgan fingerprint density at radius 1 is 1.31 bits per heavy atom. The molecule has 0 saturated heterocycles. The number of halogens is 2. The second-order valence-corrected chi connectivity index (χ2v) is 7.48. The number of carbonyl (C=O) groups excluding carboxylic acids is 1. The van der Waals surface area contributed by atoms with Gasteiger partial charge in [0.05, 0.1) is 16.6 Å². The molecule has 4 nitrogen and oxygen atoms in total. The van der Waals surface area contributed by atoms with Crippen molar-refractivity contribution in [3.8, 4) is 5.69 Å². The maximum absolute atomic E-state index is 13.9. The third kappa shape index (κ3) is 4.08. The van der Waals surface area contributed by atoms with Crippen LogP contribution in [0.15, 0.2) is 60.0 Å². The number of imidazole rings is 1. The average molecular weight is 390 g/mol. The minimum absolute atomic E-state index is 0.106. The van der Waals surface area contributed by atoms with E-state index in [0.29, 0.717) is 5.16 Å². The number of nitrogens with zero attached hydrogens (tertiary/aromatic N) is 2. The first kappa shape index (κ1) is 18.5. The van der Waals surface area contributed by atoms with E-state index in [2.05, 4.69) is 10.3 Å². The Hall–Kier alpha value is -2.31. The first-order valence-electron chi connectivity index (χ1n) is 7.97. The lowest BCUT2D eigenvalue weighted by atomic mass is 10.2. The van der Waals surface area contributed by atoms with E-state index >= 15 is 0 Å². The zero-order valence-electron chi connectivity index (χ0n) is 14.2. The molecule has 1 aromatic heterocycles. The lowest BCUT2D eigenvalue weighted by Crippen LogP contribution is -2.23. The van der Waals surface area contributed by atoms with Gasteiger partial charge in [0.2, 0.25) is 5.91 Å². The minimum Gasteiger partial charge on any atom is -0.323 e. The van der Waals surface area contributed by atoms with Gasteiger partial charge in [-0.3, -0.25) is 9.36 Å². The van der Waals surface area contributed by atoms with Crippen molar-refractivity contribution in [2.45, 2.75) is 24.3 Å². The van der Waals surface area contributed by atoms with Gasteiger partial charge in [-0.2, -0.15) is 0 Å². The molecule has 0 aliphatic rings. The summed E-state index contributed by atoms with van der Waals surface area (Å²) >= 11 is 7.04. The van der Waals surface area contributed by atoms with E-state index in [-0.39, 0.29) is 16.6 Å². The summed E-state index contributed by atoms with van der Waals surface area (Å²) in [7, 11) is 0. The van der Waals surface area contributed by atoms with Gasteiger partial charge in [-0.15, -0.1) is 0 Å². The summed E-state index contributed by atoms with van der Waals surface area (Å²) in [5.41, 5.74) is 2.21. The van der Waals surface area contributed by atoms with Crippen LogP contribution in [0.3, 0.4) is 0 Å². The SMILES string of the molecule is Cc1ccccc1-n1ccnc1SC(C)C(=O)Nc1ccc(Cl)cc1F. The fourth-order valence-electron chi connectivity index (χ4n) is 2.43. The first-order valence-corrected chi connectivity index (χ1v) is 9.23. The molecule has 7 heteroatoms. The Kier molecular flexibility index (Phi) is 5.64. The average Bonchev–Trinajstić information content (AvgIpc) is 3.05. The second kappa shape index (κ2) is 7.93. The molecule has 3 aromatic rings. The molecule has 0 radical (unpaired) electrons. The highest BCUT2D eigenvalue weighted by atomic mass is 35.5. The number of nitrogens with one attached hydrogen (secondary N) is 1. The van der Waals surface area contributed by atoms with Crippen molar-refractivity contribution in [3.05, 3.63) is 71.3 Å². The minimum atomic E-state index is -0.565. The van der Waals surface area contributed by atoms with Gasteiger partial charge in [-0.25, -0.2) is 9.37 Å². The van der Waals surface area contributed by atoms with Crippen LogP contribution in [-0.2, 0) is 4.79 Å². The predicted molar refractivity (Wildman–Crippen MR) is 104 cm³/mol. The molecular formula is C19H17ClFN3OS. The Morgan fingerprint density at radius 3 is 2.81 bits per heavy atom. The van der Waals surface area contributed by atoms with E-state index in [1.165, 1.54) is 30.0 Å². The summed E-state index contributed by atoms with van der Waals surface area (Å²) in [4.78, 5) is 16.8. The molecule has 1 heterocycles. The molecule has 1 amide bonds. The quantitative estimate of drug-likeness (QED) is 0.618. The number of anilines is 1. The summed E-state index contributed by atoms with van der Waals surface area (Å²) < 4.78 is 15.8. The number of thioether (sulfide) groups is 1. The summed E-state index contributed by atoms with van der Waals surface area (Å²) in [6.45, 7) is 3.77. The van der Waals surface area contributed by atoms with Crippen LogP contribution < -0.4 is 5.32 Å². The highest BCUT2D eigenvalue weighted by Gasteiger charge is 2.19. The molecule has 0 aliphatic heterocycles. The number of para-hydroxylation sites is 1. The Labute approximate surface area is 160 Å². The number of aryl methyl sites for hydroxylation is 1. The Balaban J connectivity index is 1.74. The van der Waals surface area contributed by atoms with Gasteiger partial charge in [0.1, 0.15) is 5.82 Å². The van der Waals surface area contributed by atoms with Crippen molar-refractivity contribution in [2.24, 2.45) is 0 Å². The van der Waals surface area contributed by atoms with Crippen LogP contribution in [0.4, 0.5) is 10.1 Å². The van der Waals surface area contributed by atoms with Gasteiger partial charge in [0, 0.05) is 17.4 Å². The fourth-order valence-corrected chi connectivity index (χ4v) is 3.47. The molecule has 134 valence electrons. The summed E-state index contributed by atoms with van der Waals surface area (Å²) in [5, 5.41) is 3.10. The van der Waals surface area contributed by atoms with Crippen molar-refractivity contribution >= 4 is 35.0 Å². The smallest absolute Gasteiger partial charge is 0.237 e. The summed E-state index contributed by atoms with van der Waals surface area (Å²) in [6, 6.07) is 12.1. The lowest BCUT2D eigenvalue weighted by Gasteiger charge is -2.14. The van der Waals surface area contributed by atoms with Gasteiger partial charge < -0.3 is 5.32 Å². The van der Waals surface area contributed by atoms with Crippen molar-refractivity contribution < 1.29 is 9.18 Å². The number of aromatic nitrogens is 2. The second-order valence-electron chi connectivity index (χ2n) is 5.74. The van der Waals surface area contributed by atoms with Crippen LogP contribution in [0.1, 0.15) is 12.5 Å². The Morgan fingerprint density at radius 2 is 2.08 bits per heavy atom. The van der Waals surface area contributed by atoms with Gasteiger partial charge in [-0.1, -0.05) is 41.6 Å². The number of benzene rings is 2. The van der Waals surface area contributed by atoms with Crippen LogP contribution >= 0.6 is 23.4 Å². The molecule has 1 unspecified atom stereocenters. The van der Waals surface area contributed by atoms with E-state index in [0.717, 1.165) is 11.3 Å². The summed E-state index contributed by atoms with van der Waals surface area (Å²) in [6.07, 6.45) is 3.55. The number of rotatable bonds is 5. The molecule has 3 rings (SSSR count). The molecule has 0 aliphatic carbocycles. The molecule has 26 heavy (non-hydrogen) atoms. The molecule has 0 fully saturated rings. The largest absolute Gasteiger partial charge is 0.323 e. The van der Waals surface area contributed by atoms with Crippen LogP contribution in [0.25, 0.3) is 5.69 Å². The normalized spacial score (nSPS) is 12.0. The van der Waals surface area contributed by atoms with Crippen molar-refractivity contribution in [1.82, 2.24) is 9.55 Å². The zero-order valence-corrected chi connectivity index (χ0v) is 15.8. The molecule has 0 spiro atoms. The standard InChI is InChI=1S/C19H17ClFN3OS/c1-12-5-3-4-6-17(12)24-10-9-22-19(24)26-13(2)18(25)23-16-8-7-14(20)11-15(16)21/h3-11,13H,1-2H3,(H,23,25). The highest BCUT2D eigenvalue weighted by molar-refractivity contribution is 8.00. The lowest BCUT2D eigenvalue weighted by molar-refractivity contribution is -0.115. The fraction of sp³-hybridized carbons (Fsp3) is 0.158. The van der Waals surface area contributed by atoms with Gasteiger partial charge >= 0.3 is 0 Å². The van der Waals surface area contributed by atoms with E-state index in [1.54, 1.807) is 13.1 Å². The van der Waals surface area contributed by atoms with Crippen molar-refractivity contribution in [3.63, 3.8) is 0 Å². The van der Waals surface area contributed by atoms with Gasteiger partial charge in [-0.05, 0) is 43.7 Å². The molecule has 0 bridgehead atoms. The van der Waals surface area contributed by atoms with E-state index in [1.807, 2.05) is 42.0 Å². The monoisotopic (exact) mass is 389 g/mol. The van der Waals surface area contributed by atoms with Crippen LogP contribution in [0, 0.1) is 12.7 Å². The predicted octanol–water partition coefficient (Wildman–Crippen LogP) is 5.09. The molecule has 1 atom stereocenters. The van der Waals surface area contributed by atoms with Crippen molar-refractivity contribution in [1.29, 1.82) is 0 Å². The molecule has 0 saturated carbocycles. The van der Waals surface area contributed by atoms with Crippen LogP contribution in [-0.4, -0.2) is 20.7 Å². The number of amides is 1. The highest BCUT2D eigenvalue weighted by Crippen LogP contribution is 2.27. The van der Waals surface area contributed by atoms with Gasteiger partial charge in [0.15, 0.2) is 5.16 Å². The number of hydrogen-bond acceptors (Lipinski definition) is 3. The van der Waals surface area contributed by atoms with Crippen molar-refractivity contribution in [2.75, 3.05) is 5.32 Å². The van der Waals surface area contributed by atoms with E-state index in [4.69, 9.17) is 11.6 Å². The molecular weight excluding hydrogens is 373 g/mol. The molecule has 1 N–H and O–H groups in total. The van der Waals surface area contributed by atoms with Crippen LogP contribution in [0.5, 0.6) is 0 Å². The van der Waals surface area contributed by atoms with Crippen LogP contribution in [0.2, 0.25) is 5.02 Å². The third-order valence-corrected chi connectivity index (χ3v) is 5.14. The third-order valence-electron chi connectivity index (χ3n) is 3.82. The van der Waals surface area contributed by atoms with E-state index < -0.39 is 11.1 Å². The Bertz CT molecular complexity index is 944. The maximum Gasteiger partial charge on any atom is 0.237 e. The number of hydrogen-bond donors (Lipinski definition) is 1. The maximum atomic E-state index is 13.9. The number of carbonyl (C=O) groups is 1. The summed E-state index contributed by atoms with van der Waals surface area (Å²) in [5.74, 6) is -0.875. The van der Waals surface area contributed by atoms with Gasteiger partial charge in [0.25, 0.3) is 0 Å². The topological polar surface area (TPSA) is 46.9 Å². The molecule has 2 aromatic carbocycles. The first-order chi connectivity index (χ1) is 12.5. The zero-order chi connectivity index (χ0) is 18.7.